The Morgan fingerprint density at radius 2 is 2.00 bits per heavy atom. The summed E-state index contributed by atoms with van der Waals surface area (Å²) < 4.78 is 5.26. The first kappa shape index (κ1) is 12.9. The molecular formula is C15H19NO2. The predicted octanol–water partition coefficient (Wildman–Crippen LogP) is 2.67. The SMILES string of the molecule is CCOCCNCc1c(O)ccc2ccccc12. The summed E-state index contributed by atoms with van der Waals surface area (Å²) in [5, 5.41) is 15.5. The Hall–Kier alpha value is -1.58. The van der Waals surface area contributed by atoms with Gasteiger partial charge in [0.1, 0.15) is 5.75 Å². The third-order valence-electron chi connectivity index (χ3n) is 2.94. The predicted molar refractivity (Wildman–Crippen MR) is 73.8 cm³/mol. The molecule has 0 aromatic heterocycles. The summed E-state index contributed by atoms with van der Waals surface area (Å²) in [7, 11) is 0. The van der Waals surface area contributed by atoms with Crippen LogP contribution in [0.4, 0.5) is 0 Å². The zero-order valence-electron chi connectivity index (χ0n) is 10.6. The Morgan fingerprint density at radius 3 is 2.83 bits per heavy atom. The third-order valence-corrected chi connectivity index (χ3v) is 2.94. The molecule has 3 heteroatoms. The fourth-order valence-electron chi connectivity index (χ4n) is 2.01. The molecule has 0 spiro atoms. The van der Waals surface area contributed by atoms with Gasteiger partial charge in [-0.1, -0.05) is 30.3 Å². The summed E-state index contributed by atoms with van der Waals surface area (Å²) in [6.07, 6.45) is 0. The summed E-state index contributed by atoms with van der Waals surface area (Å²) >= 11 is 0. The normalized spacial score (nSPS) is 10.9. The summed E-state index contributed by atoms with van der Waals surface area (Å²) in [6.45, 7) is 4.86. The lowest BCUT2D eigenvalue weighted by Crippen LogP contribution is -2.19. The molecule has 0 fully saturated rings. The van der Waals surface area contributed by atoms with Crippen LogP contribution in [0.25, 0.3) is 10.8 Å². The van der Waals surface area contributed by atoms with E-state index in [2.05, 4.69) is 11.4 Å². The van der Waals surface area contributed by atoms with E-state index >= 15 is 0 Å². The first-order valence-electron chi connectivity index (χ1n) is 6.31. The minimum Gasteiger partial charge on any atom is -0.508 e. The molecule has 96 valence electrons. The number of ether oxygens (including phenoxy) is 1. The highest BCUT2D eigenvalue weighted by Crippen LogP contribution is 2.26. The molecule has 0 atom stereocenters. The van der Waals surface area contributed by atoms with E-state index in [9.17, 15) is 5.11 Å². The van der Waals surface area contributed by atoms with Gasteiger partial charge in [0, 0.05) is 25.3 Å². The lowest BCUT2D eigenvalue weighted by molar-refractivity contribution is 0.149. The standard InChI is InChI=1S/C15H19NO2/c1-2-18-10-9-16-11-14-13-6-4-3-5-12(13)7-8-15(14)17/h3-8,16-17H,2,9-11H2,1H3. The number of nitrogens with one attached hydrogen (secondary N) is 1. The molecule has 0 aliphatic heterocycles. The molecule has 3 nitrogen and oxygen atoms in total. The van der Waals surface area contributed by atoms with E-state index in [0.29, 0.717) is 18.9 Å². The van der Waals surface area contributed by atoms with Gasteiger partial charge in [0.15, 0.2) is 0 Å². The van der Waals surface area contributed by atoms with Crippen molar-refractivity contribution in [2.45, 2.75) is 13.5 Å². The molecule has 0 unspecified atom stereocenters. The van der Waals surface area contributed by atoms with Gasteiger partial charge in [-0.15, -0.1) is 0 Å². The molecule has 0 saturated heterocycles. The number of aromatic hydroxyl groups is 1. The van der Waals surface area contributed by atoms with Crippen LogP contribution in [0.3, 0.4) is 0 Å². The number of fused-ring (bicyclic) bond motifs is 1. The first-order valence-corrected chi connectivity index (χ1v) is 6.31. The molecule has 0 bridgehead atoms. The fraction of sp³-hybridized carbons (Fsp3) is 0.333. The van der Waals surface area contributed by atoms with E-state index in [1.807, 2.05) is 31.2 Å². The highest BCUT2D eigenvalue weighted by atomic mass is 16.5. The smallest absolute Gasteiger partial charge is 0.120 e. The summed E-state index contributed by atoms with van der Waals surface area (Å²) in [6, 6.07) is 11.8. The van der Waals surface area contributed by atoms with Crippen LogP contribution in [0.15, 0.2) is 36.4 Å². The number of rotatable bonds is 6. The van der Waals surface area contributed by atoms with Crippen LogP contribution in [-0.4, -0.2) is 24.9 Å². The van der Waals surface area contributed by atoms with E-state index in [4.69, 9.17) is 4.74 Å². The van der Waals surface area contributed by atoms with E-state index < -0.39 is 0 Å². The van der Waals surface area contributed by atoms with Crippen molar-refractivity contribution in [1.82, 2.24) is 5.32 Å². The van der Waals surface area contributed by atoms with Crippen molar-refractivity contribution in [3.8, 4) is 5.75 Å². The summed E-state index contributed by atoms with van der Waals surface area (Å²) in [5.74, 6) is 0.345. The maximum atomic E-state index is 9.94. The Kier molecular flexibility index (Phi) is 4.56. The van der Waals surface area contributed by atoms with Gasteiger partial charge in [-0.05, 0) is 23.8 Å². The van der Waals surface area contributed by atoms with Gasteiger partial charge in [0.05, 0.1) is 6.61 Å². The van der Waals surface area contributed by atoms with Gasteiger partial charge >= 0.3 is 0 Å². The van der Waals surface area contributed by atoms with E-state index in [1.54, 1.807) is 6.07 Å². The largest absolute Gasteiger partial charge is 0.508 e. The maximum Gasteiger partial charge on any atom is 0.120 e. The van der Waals surface area contributed by atoms with Gasteiger partial charge in [-0.25, -0.2) is 0 Å². The first-order chi connectivity index (χ1) is 8.83. The average molecular weight is 245 g/mol. The Morgan fingerprint density at radius 1 is 1.17 bits per heavy atom. The highest BCUT2D eigenvalue weighted by molar-refractivity contribution is 5.87. The minimum absolute atomic E-state index is 0.345. The lowest BCUT2D eigenvalue weighted by Gasteiger charge is -2.10. The second kappa shape index (κ2) is 6.38. The molecule has 18 heavy (non-hydrogen) atoms. The molecule has 0 saturated carbocycles. The van der Waals surface area contributed by atoms with Crippen molar-refractivity contribution in [3.63, 3.8) is 0 Å². The second-order valence-electron chi connectivity index (χ2n) is 4.16. The fourth-order valence-corrected chi connectivity index (χ4v) is 2.01. The quantitative estimate of drug-likeness (QED) is 0.769. The molecule has 2 N–H and O–H groups in total. The number of benzene rings is 2. The summed E-state index contributed by atoms with van der Waals surface area (Å²) in [4.78, 5) is 0. The number of phenols is 1. The van der Waals surface area contributed by atoms with Gasteiger partial charge in [-0.2, -0.15) is 0 Å². The van der Waals surface area contributed by atoms with Crippen LogP contribution in [0.5, 0.6) is 5.75 Å². The molecule has 0 amide bonds. The van der Waals surface area contributed by atoms with Crippen LogP contribution in [0.1, 0.15) is 12.5 Å². The Bertz CT molecular complexity index is 511. The molecule has 2 rings (SSSR count). The van der Waals surface area contributed by atoms with Gasteiger partial charge in [0.2, 0.25) is 0 Å². The van der Waals surface area contributed by atoms with Crippen molar-refractivity contribution in [1.29, 1.82) is 0 Å². The van der Waals surface area contributed by atoms with Gasteiger partial charge in [0.25, 0.3) is 0 Å². The molecule has 0 heterocycles. The van der Waals surface area contributed by atoms with Crippen LogP contribution in [0.2, 0.25) is 0 Å². The number of hydrogen-bond donors (Lipinski definition) is 2. The van der Waals surface area contributed by atoms with E-state index in [0.717, 1.165) is 29.5 Å². The van der Waals surface area contributed by atoms with Crippen LogP contribution in [-0.2, 0) is 11.3 Å². The lowest BCUT2D eigenvalue weighted by atomic mass is 10.0. The maximum absolute atomic E-state index is 9.94. The van der Waals surface area contributed by atoms with Crippen molar-refractivity contribution >= 4 is 10.8 Å². The average Bonchev–Trinajstić information content (AvgIpc) is 2.41. The Balaban J connectivity index is 2.09. The van der Waals surface area contributed by atoms with E-state index in [1.165, 1.54) is 0 Å². The van der Waals surface area contributed by atoms with Crippen LogP contribution in [0, 0.1) is 0 Å². The van der Waals surface area contributed by atoms with Crippen LogP contribution >= 0.6 is 0 Å². The molecule has 2 aromatic carbocycles. The number of hydrogen-bond acceptors (Lipinski definition) is 3. The van der Waals surface area contributed by atoms with Crippen molar-refractivity contribution in [3.05, 3.63) is 42.0 Å². The summed E-state index contributed by atoms with van der Waals surface area (Å²) in [5.41, 5.74) is 0.949. The van der Waals surface area contributed by atoms with Crippen molar-refractivity contribution in [2.24, 2.45) is 0 Å². The van der Waals surface area contributed by atoms with Crippen molar-refractivity contribution in [2.75, 3.05) is 19.8 Å². The molecule has 0 aliphatic carbocycles. The Labute approximate surface area is 107 Å². The minimum atomic E-state index is 0.345. The second-order valence-corrected chi connectivity index (χ2v) is 4.16. The third kappa shape index (κ3) is 3.00. The zero-order valence-corrected chi connectivity index (χ0v) is 10.6. The monoisotopic (exact) mass is 245 g/mol. The number of phenolic OH excluding ortho intramolecular Hbond substituents is 1. The molecule has 2 aromatic rings. The topological polar surface area (TPSA) is 41.5 Å². The molecule has 0 radical (unpaired) electrons. The molecular weight excluding hydrogens is 226 g/mol. The molecule has 0 aliphatic rings. The van der Waals surface area contributed by atoms with Gasteiger partial charge < -0.3 is 15.2 Å². The zero-order chi connectivity index (χ0) is 12.8. The van der Waals surface area contributed by atoms with Crippen molar-refractivity contribution < 1.29 is 9.84 Å². The van der Waals surface area contributed by atoms with E-state index in [-0.39, 0.29) is 0 Å². The highest BCUT2D eigenvalue weighted by Gasteiger charge is 2.05. The van der Waals surface area contributed by atoms with Gasteiger partial charge in [-0.3, -0.25) is 0 Å². The van der Waals surface area contributed by atoms with Crippen LogP contribution < -0.4 is 5.32 Å².